The van der Waals surface area contributed by atoms with E-state index in [0.29, 0.717) is 24.9 Å². The van der Waals surface area contributed by atoms with Gasteiger partial charge in [0.05, 0.1) is 24.4 Å². The molecule has 3 aromatic heterocycles. The zero-order chi connectivity index (χ0) is 25.4. The number of carboxylic acid groups (broad SMARTS) is 1. The van der Waals surface area contributed by atoms with E-state index in [0.717, 1.165) is 54.6 Å². The monoisotopic (exact) mass is 502 g/mol. The number of amides is 1. The largest absolute Gasteiger partial charge is 0.465 e. The van der Waals surface area contributed by atoms with E-state index in [-0.39, 0.29) is 11.6 Å². The van der Waals surface area contributed by atoms with Crippen molar-refractivity contribution in [1.29, 1.82) is 5.26 Å². The van der Waals surface area contributed by atoms with Gasteiger partial charge in [-0.25, -0.2) is 14.8 Å². The summed E-state index contributed by atoms with van der Waals surface area (Å²) in [6.45, 7) is 2.09. The van der Waals surface area contributed by atoms with E-state index in [1.165, 1.54) is 32.1 Å². The number of hydrogen-bond donors (Lipinski definition) is 2. The summed E-state index contributed by atoms with van der Waals surface area (Å²) < 4.78 is 1.95. The summed E-state index contributed by atoms with van der Waals surface area (Å²) in [5.74, 6) is 0.643. The predicted molar refractivity (Wildman–Crippen MR) is 138 cm³/mol. The molecule has 3 fully saturated rings. The quantitative estimate of drug-likeness (QED) is 0.516. The molecule has 10 heteroatoms. The molecule has 2 N–H and O–H groups in total. The third kappa shape index (κ3) is 4.46. The fraction of sp³-hybridized carbons (Fsp3) is 0.593. The highest BCUT2D eigenvalue weighted by Crippen LogP contribution is 2.39. The zero-order valence-corrected chi connectivity index (χ0v) is 21.1. The van der Waals surface area contributed by atoms with E-state index in [4.69, 9.17) is 0 Å². The average Bonchev–Trinajstić information content (AvgIpc) is 3.57. The molecule has 10 nitrogen and oxygen atoms in total. The maximum absolute atomic E-state index is 12.0. The van der Waals surface area contributed by atoms with Crippen molar-refractivity contribution in [2.24, 2.45) is 5.92 Å². The van der Waals surface area contributed by atoms with Crippen LogP contribution in [0.25, 0.3) is 22.3 Å². The van der Waals surface area contributed by atoms with Gasteiger partial charge >= 0.3 is 6.09 Å². The molecule has 194 valence electrons. The van der Waals surface area contributed by atoms with Gasteiger partial charge in [0.1, 0.15) is 17.5 Å². The Morgan fingerprint density at radius 2 is 2.05 bits per heavy atom. The standard InChI is InChI=1S/C27H34N8O2/c28-9-8-27(35-15-20(14-32-35)24-23-6-10-29-25(23)31-18-30-24)16-33(17-27)21-7-11-34(26(36)37)22(13-21)12-19-4-2-1-3-5-19/h6,10,14-15,18-19,21-22H,1-5,7-8,11-13,16-17H2,(H,36,37)(H,29,30,31). The van der Waals surface area contributed by atoms with Crippen molar-refractivity contribution in [2.45, 2.75) is 75.4 Å². The Morgan fingerprint density at radius 3 is 2.84 bits per heavy atom. The summed E-state index contributed by atoms with van der Waals surface area (Å²) in [6, 6.07) is 4.78. The fourth-order valence-electron chi connectivity index (χ4n) is 6.90. The third-order valence-electron chi connectivity index (χ3n) is 8.88. The molecular formula is C27H34N8O2. The van der Waals surface area contributed by atoms with Crippen molar-refractivity contribution >= 4 is 17.1 Å². The highest BCUT2D eigenvalue weighted by atomic mass is 16.4. The normalized spacial score (nSPS) is 24.6. The highest BCUT2D eigenvalue weighted by molar-refractivity contribution is 5.90. The molecule has 2 aliphatic heterocycles. The number of nitriles is 1. The molecule has 3 aliphatic rings. The number of fused-ring (bicyclic) bond motifs is 1. The third-order valence-corrected chi connectivity index (χ3v) is 8.88. The Labute approximate surface area is 216 Å². The Morgan fingerprint density at radius 1 is 1.22 bits per heavy atom. The van der Waals surface area contributed by atoms with Crippen molar-refractivity contribution in [2.75, 3.05) is 19.6 Å². The van der Waals surface area contributed by atoms with E-state index in [1.54, 1.807) is 11.2 Å². The van der Waals surface area contributed by atoms with Crippen LogP contribution in [0, 0.1) is 17.2 Å². The van der Waals surface area contributed by atoms with Crippen LogP contribution in [0.2, 0.25) is 0 Å². The molecule has 0 spiro atoms. The van der Waals surface area contributed by atoms with E-state index in [1.807, 2.05) is 29.3 Å². The minimum atomic E-state index is -0.785. The van der Waals surface area contributed by atoms with Crippen molar-refractivity contribution in [1.82, 2.24) is 34.5 Å². The Hall–Kier alpha value is -3.45. The molecule has 0 radical (unpaired) electrons. The number of piperidine rings is 1. The average molecular weight is 503 g/mol. The smallest absolute Gasteiger partial charge is 0.407 e. The molecule has 0 aromatic carbocycles. The number of nitrogens with one attached hydrogen (secondary N) is 1. The molecule has 1 saturated carbocycles. The molecule has 1 aliphatic carbocycles. The number of carbonyl (C=O) groups is 1. The summed E-state index contributed by atoms with van der Waals surface area (Å²) in [5.41, 5.74) is 2.15. The lowest BCUT2D eigenvalue weighted by Gasteiger charge is -2.54. The van der Waals surface area contributed by atoms with Crippen molar-refractivity contribution in [3.63, 3.8) is 0 Å². The van der Waals surface area contributed by atoms with Gasteiger partial charge in [0, 0.05) is 55.1 Å². The Bertz CT molecular complexity index is 1300. The van der Waals surface area contributed by atoms with Gasteiger partial charge in [0.2, 0.25) is 0 Å². The summed E-state index contributed by atoms with van der Waals surface area (Å²) in [4.78, 5) is 28.0. The van der Waals surface area contributed by atoms with Crippen LogP contribution in [0.15, 0.2) is 31.0 Å². The molecule has 2 unspecified atom stereocenters. The van der Waals surface area contributed by atoms with Crippen LogP contribution in [-0.2, 0) is 5.54 Å². The number of likely N-dealkylation sites (tertiary alicyclic amines) is 2. The van der Waals surface area contributed by atoms with Gasteiger partial charge in [-0.15, -0.1) is 0 Å². The molecule has 37 heavy (non-hydrogen) atoms. The fourth-order valence-corrected chi connectivity index (χ4v) is 6.90. The molecule has 2 atom stereocenters. The highest BCUT2D eigenvalue weighted by Gasteiger charge is 2.49. The SMILES string of the molecule is N#CCC1(n2cc(-c3ncnc4[nH]ccc34)cn2)CN(C2CCN(C(=O)O)C(CC3CCCCC3)C2)C1. The molecule has 1 amide bonds. The first-order chi connectivity index (χ1) is 18.1. The van der Waals surface area contributed by atoms with Crippen LogP contribution in [0.4, 0.5) is 4.79 Å². The van der Waals surface area contributed by atoms with Crippen LogP contribution in [-0.4, -0.2) is 77.4 Å². The van der Waals surface area contributed by atoms with Crippen LogP contribution < -0.4 is 0 Å². The van der Waals surface area contributed by atoms with Gasteiger partial charge in [0.15, 0.2) is 0 Å². The number of nitrogens with zero attached hydrogens (tertiary/aromatic N) is 7. The number of aromatic amines is 1. The number of rotatable bonds is 6. The number of hydrogen-bond acceptors (Lipinski definition) is 6. The molecular weight excluding hydrogens is 468 g/mol. The van der Waals surface area contributed by atoms with Gasteiger partial charge in [-0.05, 0) is 31.2 Å². The van der Waals surface area contributed by atoms with E-state index in [9.17, 15) is 15.2 Å². The van der Waals surface area contributed by atoms with Gasteiger partial charge in [-0.1, -0.05) is 32.1 Å². The second-order valence-electron chi connectivity index (χ2n) is 11.1. The minimum Gasteiger partial charge on any atom is -0.465 e. The molecule has 0 bridgehead atoms. The van der Waals surface area contributed by atoms with Crippen LogP contribution in [0.5, 0.6) is 0 Å². The van der Waals surface area contributed by atoms with E-state index in [2.05, 4.69) is 31.0 Å². The Balaban J connectivity index is 1.17. The van der Waals surface area contributed by atoms with Gasteiger partial charge in [-0.2, -0.15) is 10.4 Å². The Kier molecular flexibility index (Phi) is 6.32. The first-order valence-corrected chi connectivity index (χ1v) is 13.5. The second kappa shape index (κ2) is 9.78. The van der Waals surface area contributed by atoms with Crippen molar-refractivity contribution in [3.8, 4) is 17.3 Å². The first-order valence-electron chi connectivity index (χ1n) is 13.5. The van der Waals surface area contributed by atoms with Crippen LogP contribution in [0.3, 0.4) is 0 Å². The second-order valence-corrected chi connectivity index (χ2v) is 11.1. The topological polar surface area (TPSA) is 127 Å². The lowest BCUT2D eigenvalue weighted by Crippen LogP contribution is -2.67. The first kappa shape index (κ1) is 23.9. The predicted octanol–water partition coefficient (Wildman–Crippen LogP) is 4.23. The van der Waals surface area contributed by atoms with Gasteiger partial charge < -0.3 is 15.0 Å². The summed E-state index contributed by atoms with van der Waals surface area (Å²) >= 11 is 0. The number of H-pyrrole nitrogens is 1. The summed E-state index contributed by atoms with van der Waals surface area (Å²) in [7, 11) is 0. The molecule has 5 heterocycles. The summed E-state index contributed by atoms with van der Waals surface area (Å²) in [5, 5.41) is 25.1. The van der Waals surface area contributed by atoms with Crippen LogP contribution >= 0.6 is 0 Å². The summed E-state index contributed by atoms with van der Waals surface area (Å²) in [6.07, 6.45) is 15.8. The maximum Gasteiger partial charge on any atom is 0.407 e. The lowest BCUT2D eigenvalue weighted by atomic mass is 9.79. The van der Waals surface area contributed by atoms with E-state index >= 15 is 0 Å². The molecule has 2 saturated heterocycles. The van der Waals surface area contributed by atoms with Crippen molar-refractivity contribution in [3.05, 3.63) is 31.0 Å². The van der Waals surface area contributed by atoms with Gasteiger partial charge in [-0.3, -0.25) is 9.58 Å². The minimum absolute atomic E-state index is 0.0862. The van der Waals surface area contributed by atoms with Crippen molar-refractivity contribution < 1.29 is 9.90 Å². The molecule has 3 aromatic rings. The van der Waals surface area contributed by atoms with Crippen LogP contribution in [0.1, 0.15) is 57.8 Å². The van der Waals surface area contributed by atoms with E-state index < -0.39 is 6.09 Å². The maximum atomic E-state index is 12.0. The molecule has 6 rings (SSSR count). The zero-order valence-electron chi connectivity index (χ0n) is 21.1. The lowest BCUT2D eigenvalue weighted by molar-refractivity contribution is -0.0521. The number of aromatic nitrogens is 5. The van der Waals surface area contributed by atoms with Gasteiger partial charge in [0.25, 0.3) is 0 Å².